The van der Waals surface area contributed by atoms with Crippen LogP contribution in [-0.2, 0) is 38.0 Å². The van der Waals surface area contributed by atoms with Crippen molar-refractivity contribution in [3.8, 4) is 0 Å². The molecule has 0 saturated carbocycles. The summed E-state index contributed by atoms with van der Waals surface area (Å²) in [5.74, 6) is -2.88. The van der Waals surface area contributed by atoms with Crippen LogP contribution in [-0.4, -0.2) is 78.3 Å². The van der Waals surface area contributed by atoms with Crippen LogP contribution in [0.1, 0.15) is 75.7 Å². The van der Waals surface area contributed by atoms with Crippen LogP contribution in [0.4, 0.5) is 4.79 Å². The van der Waals surface area contributed by atoms with Gasteiger partial charge in [-0.2, -0.15) is 0 Å². The topological polar surface area (TPSA) is 131 Å². The minimum atomic E-state index is -1.05. The van der Waals surface area contributed by atoms with Crippen molar-refractivity contribution in [2.24, 2.45) is 0 Å². The first-order valence-electron chi connectivity index (χ1n) is 12.1. The Balaban J connectivity index is 2.13. The highest BCUT2D eigenvalue weighted by Gasteiger charge is 2.51. The molecule has 0 spiro atoms. The molecule has 0 radical (unpaired) electrons. The highest BCUT2D eigenvalue weighted by Crippen LogP contribution is 2.37. The smallest absolute Gasteiger partial charge is 0.408 e. The van der Waals surface area contributed by atoms with Crippen LogP contribution in [0.15, 0.2) is 0 Å². The van der Waals surface area contributed by atoms with Crippen molar-refractivity contribution in [1.82, 2.24) is 10.6 Å². The number of hydrogen-bond acceptors (Lipinski definition) is 9. The summed E-state index contributed by atoms with van der Waals surface area (Å²) in [5, 5.41) is 5.15. The maximum Gasteiger partial charge on any atom is 0.408 e. The quantitative estimate of drug-likeness (QED) is 0.480. The average Bonchev–Trinajstić information content (AvgIpc) is 3.16. The predicted molar refractivity (Wildman–Crippen MR) is 125 cm³/mol. The van der Waals surface area contributed by atoms with Gasteiger partial charge in [0.25, 0.3) is 0 Å². The van der Waals surface area contributed by atoms with Crippen LogP contribution in [0.5, 0.6) is 0 Å². The van der Waals surface area contributed by atoms with Gasteiger partial charge in [0, 0.05) is 6.42 Å². The Morgan fingerprint density at radius 3 is 2.11 bits per heavy atom. The van der Waals surface area contributed by atoms with E-state index in [1.165, 1.54) is 6.92 Å². The molecule has 2 heterocycles. The van der Waals surface area contributed by atoms with Gasteiger partial charge in [0.2, 0.25) is 5.91 Å². The largest absolute Gasteiger partial charge is 0.461 e. The highest BCUT2D eigenvalue weighted by molar-refractivity contribution is 5.89. The number of nitrogens with one attached hydrogen (secondary N) is 2. The maximum absolute atomic E-state index is 12.9. The molecule has 0 aliphatic carbocycles. The SMILES string of the molecule is CC(C)OC(=O)[C@@H](C[C@@H]1OC(C)(C)O[C@@H]1[C@H]1COC(C)(C)O1)NC(=O)[C@H](C)NC(=O)OC(C)(C)C. The van der Waals surface area contributed by atoms with Crippen LogP contribution in [0, 0.1) is 0 Å². The Morgan fingerprint density at radius 1 is 0.971 bits per heavy atom. The van der Waals surface area contributed by atoms with Gasteiger partial charge in [-0.1, -0.05) is 0 Å². The van der Waals surface area contributed by atoms with Crippen molar-refractivity contribution in [2.75, 3.05) is 6.61 Å². The third-order valence-corrected chi connectivity index (χ3v) is 5.17. The Bertz CT molecular complexity index is 775. The first-order chi connectivity index (χ1) is 15.9. The molecule has 11 nitrogen and oxygen atoms in total. The first kappa shape index (κ1) is 29.3. The lowest BCUT2D eigenvalue weighted by atomic mass is 10.0. The second-order valence-electron chi connectivity index (χ2n) is 11.2. The summed E-state index contributed by atoms with van der Waals surface area (Å²) >= 11 is 0. The number of carbonyl (C=O) groups is 3. The van der Waals surface area contributed by atoms with Gasteiger partial charge in [-0.15, -0.1) is 0 Å². The fourth-order valence-electron chi connectivity index (χ4n) is 3.85. The number of hydrogen-bond donors (Lipinski definition) is 2. The van der Waals surface area contributed by atoms with Gasteiger partial charge in [0.1, 0.15) is 29.9 Å². The molecule has 2 amide bonds. The number of carbonyl (C=O) groups excluding carboxylic acids is 3. The molecule has 0 aromatic rings. The van der Waals surface area contributed by atoms with Gasteiger partial charge < -0.3 is 39.1 Å². The fraction of sp³-hybridized carbons (Fsp3) is 0.875. The van der Waals surface area contributed by atoms with Gasteiger partial charge in [-0.3, -0.25) is 4.79 Å². The monoisotopic (exact) mass is 502 g/mol. The first-order valence-corrected chi connectivity index (χ1v) is 12.1. The fourth-order valence-corrected chi connectivity index (χ4v) is 3.85. The minimum Gasteiger partial charge on any atom is -0.461 e. The number of rotatable bonds is 8. The molecule has 2 aliphatic heterocycles. The Morgan fingerprint density at radius 2 is 1.60 bits per heavy atom. The molecule has 2 saturated heterocycles. The van der Waals surface area contributed by atoms with E-state index in [0.717, 1.165) is 0 Å². The summed E-state index contributed by atoms with van der Waals surface area (Å²) < 4.78 is 34.4. The zero-order valence-corrected chi connectivity index (χ0v) is 22.6. The second-order valence-corrected chi connectivity index (χ2v) is 11.2. The average molecular weight is 503 g/mol. The van der Waals surface area contributed by atoms with Crippen molar-refractivity contribution >= 4 is 18.0 Å². The third kappa shape index (κ3) is 9.21. The lowest BCUT2D eigenvalue weighted by molar-refractivity contribution is -0.174. The van der Waals surface area contributed by atoms with E-state index in [1.807, 2.05) is 13.8 Å². The summed E-state index contributed by atoms with van der Waals surface area (Å²) in [5.41, 5.74) is -0.716. The van der Waals surface area contributed by atoms with E-state index in [9.17, 15) is 14.4 Å². The van der Waals surface area contributed by atoms with Gasteiger partial charge in [-0.25, -0.2) is 9.59 Å². The number of esters is 1. The van der Waals surface area contributed by atoms with Gasteiger partial charge in [0.15, 0.2) is 11.6 Å². The van der Waals surface area contributed by atoms with Crippen LogP contribution in [0.2, 0.25) is 0 Å². The molecule has 5 atom stereocenters. The van der Waals surface area contributed by atoms with Gasteiger partial charge >= 0.3 is 12.1 Å². The molecular formula is C24H42N2O9. The van der Waals surface area contributed by atoms with Crippen LogP contribution in [0.3, 0.4) is 0 Å². The minimum absolute atomic E-state index is 0.0742. The molecule has 0 aromatic carbocycles. The Kier molecular flexibility index (Phi) is 9.19. The molecule has 0 bridgehead atoms. The van der Waals surface area contributed by atoms with Crippen molar-refractivity contribution in [3.05, 3.63) is 0 Å². The predicted octanol–water partition coefficient (Wildman–Crippen LogP) is 2.40. The lowest BCUT2D eigenvalue weighted by Gasteiger charge is -2.27. The number of ether oxygens (including phenoxy) is 6. The molecule has 35 heavy (non-hydrogen) atoms. The lowest BCUT2D eigenvalue weighted by Crippen LogP contribution is -2.53. The number of alkyl carbamates (subject to hydrolysis) is 1. The Hall–Kier alpha value is -1.95. The molecule has 11 heteroatoms. The van der Waals surface area contributed by atoms with E-state index in [4.69, 9.17) is 28.4 Å². The van der Waals surface area contributed by atoms with Crippen LogP contribution < -0.4 is 10.6 Å². The normalized spacial score (nSPS) is 27.2. The number of amides is 2. The summed E-state index contributed by atoms with van der Waals surface area (Å²) in [7, 11) is 0. The summed E-state index contributed by atoms with van der Waals surface area (Å²) in [6.45, 7) is 17.6. The van der Waals surface area contributed by atoms with E-state index in [1.54, 1.807) is 48.5 Å². The van der Waals surface area contributed by atoms with E-state index in [2.05, 4.69) is 10.6 Å². The van der Waals surface area contributed by atoms with Gasteiger partial charge in [0.05, 0.1) is 18.8 Å². The highest BCUT2D eigenvalue weighted by atomic mass is 16.8. The summed E-state index contributed by atoms with van der Waals surface area (Å²) in [4.78, 5) is 37.8. The molecule has 0 unspecified atom stereocenters. The van der Waals surface area contributed by atoms with Gasteiger partial charge in [-0.05, 0) is 69.2 Å². The van der Waals surface area contributed by atoms with Crippen molar-refractivity contribution in [3.63, 3.8) is 0 Å². The standard InChI is InChI=1S/C24H42N2O9/c1-13(2)31-20(28)15(26-19(27)14(3)25-21(29)35-22(4,5)6)11-16-18(34-24(9,10)32-16)17-12-30-23(7,8)33-17/h13-18H,11-12H2,1-10H3,(H,25,29)(H,26,27)/t14-,15+,16-,17+,18-/m0/s1. The molecule has 202 valence electrons. The van der Waals surface area contributed by atoms with E-state index < -0.39 is 65.5 Å². The molecule has 2 N–H and O–H groups in total. The Labute approximate surface area is 207 Å². The van der Waals surface area contributed by atoms with E-state index in [-0.39, 0.29) is 12.5 Å². The molecule has 2 aliphatic rings. The molecule has 2 rings (SSSR count). The zero-order chi connectivity index (χ0) is 26.8. The van der Waals surface area contributed by atoms with Crippen molar-refractivity contribution in [1.29, 1.82) is 0 Å². The maximum atomic E-state index is 12.9. The van der Waals surface area contributed by atoms with Crippen molar-refractivity contribution in [2.45, 2.75) is 129 Å². The third-order valence-electron chi connectivity index (χ3n) is 5.17. The molecule has 0 aromatic heterocycles. The van der Waals surface area contributed by atoms with Crippen LogP contribution >= 0.6 is 0 Å². The van der Waals surface area contributed by atoms with Crippen LogP contribution in [0.25, 0.3) is 0 Å². The molecule has 2 fully saturated rings. The summed E-state index contributed by atoms with van der Waals surface area (Å²) in [6.07, 6.45) is -2.59. The molecular weight excluding hydrogens is 460 g/mol. The second kappa shape index (κ2) is 11.0. The van der Waals surface area contributed by atoms with E-state index >= 15 is 0 Å². The zero-order valence-electron chi connectivity index (χ0n) is 22.6. The van der Waals surface area contributed by atoms with E-state index in [0.29, 0.717) is 6.61 Å². The van der Waals surface area contributed by atoms with Crippen molar-refractivity contribution < 1.29 is 42.8 Å². The summed E-state index contributed by atoms with van der Waals surface area (Å²) in [6, 6.07) is -2.01.